The minimum Gasteiger partial charge on any atom is -0.253 e. The highest BCUT2D eigenvalue weighted by atomic mass is 14.9. The predicted octanol–water partition coefficient (Wildman–Crippen LogP) is 3.60. The van der Waals surface area contributed by atoms with Crippen LogP contribution >= 0.6 is 0 Å². The maximum Gasteiger partial charge on any atom is 0.132 e. The first-order valence-corrected chi connectivity index (χ1v) is 6.96. The number of nitrogens with zero attached hydrogens (tertiary/aromatic N) is 3. The molecule has 4 rings (SSSR count). The molecule has 20 heavy (non-hydrogen) atoms. The lowest BCUT2D eigenvalue weighted by Crippen LogP contribution is -1.96. The van der Waals surface area contributed by atoms with Gasteiger partial charge in [-0.1, -0.05) is 24.3 Å². The molecule has 2 heterocycles. The minimum absolute atomic E-state index is 0.434. The van der Waals surface area contributed by atoms with Crippen molar-refractivity contribution in [2.75, 3.05) is 0 Å². The van der Waals surface area contributed by atoms with Crippen molar-refractivity contribution in [3.8, 4) is 0 Å². The summed E-state index contributed by atoms with van der Waals surface area (Å²) in [6.07, 6.45) is 2.95. The summed E-state index contributed by atoms with van der Waals surface area (Å²) in [5.41, 5.74) is 3.27. The second-order valence-electron chi connectivity index (χ2n) is 5.43. The van der Waals surface area contributed by atoms with E-state index in [2.05, 4.69) is 34.2 Å². The van der Waals surface area contributed by atoms with E-state index in [1.807, 2.05) is 31.3 Å². The van der Waals surface area contributed by atoms with Crippen LogP contribution < -0.4 is 0 Å². The van der Waals surface area contributed by atoms with Crippen molar-refractivity contribution in [2.45, 2.75) is 25.2 Å². The van der Waals surface area contributed by atoms with Crippen LogP contribution in [0.3, 0.4) is 0 Å². The molecular formula is C17H15N3. The van der Waals surface area contributed by atoms with Crippen LogP contribution in [0, 0.1) is 6.92 Å². The summed E-state index contributed by atoms with van der Waals surface area (Å²) in [5.74, 6) is 1.87. The van der Waals surface area contributed by atoms with E-state index in [4.69, 9.17) is 4.98 Å². The lowest BCUT2D eigenvalue weighted by Gasteiger charge is -2.03. The Hall–Kier alpha value is -2.29. The van der Waals surface area contributed by atoms with Crippen LogP contribution in [0.5, 0.6) is 0 Å². The molecule has 0 N–H and O–H groups in total. The topological polar surface area (TPSA) is 38.7 Å². The van der Waals surface area contributed by atoms with Crippen LogP contribution in [0.25, 0.3) is 10.9 Å². The second-order valence-corrected chi connectivity index (χ2v) is 5.43. The Balaban J connectivity index is 1.65. The van der Waals surface area contributed by atoms with Crippen LogP contribution in [0.2, 0.25) is 0 Å². The third kappa shape index (κ3) is 1.95. The zero-order chi connectivity index (χ0) is 13.5. The predicted molar refractivity (Wildman–Crippen MR) is 78.6 cm³/mol. The van der Waals surface area contributed by atoms with E-state index in [0.717, 1.165) is 23.5 Å². The normalized spacial score (nSPS) is 21.1. The molecule has 3 heteroatoms. The van der Waals surface area contributed by atoms with E-state index in [1.165, 1.54) is 11.1 Å². The largest absolute Gasteiger partial charge is 0.253 e. The summed E-state index contributed by atoms with van der Waals surface area (Å²) in [6.45, 7) is 2.01. The third-order valence-corrected chi connectivity index (χ3v) is 3.94. The molecule has 0 bridgehead atoms. The number of hydrogen-bond donors (Lipinski definition) is 0. The number of aromatic nitrogens is 3. The van der Waals surface area contributed by atoms with Gasteiger partial charge in [-0.2, -0.15) is 0 Å². The maximum atomic E-state index is 4.78. The van der Waals surface area contributed by atoms with Gasteiger partial charge in [0.25, 0.3) is 0 Å². The molecule has 0 spiro atoms. The molecule has 1 fully saturated rings. The second kappa shape index (κ2) is 4.37. The minimum atomic E-state index is 0.434. The first-order chi connectivity index (χ1) is 9.81. The zero-order valence-electron chi connectivity index (χ0n) is 11.3. The number of aryl methyl sites for hydroxylation is 1. The number of hydrogen-bond acceptors (Lipinski definition) is 3. The number of rotatable bonds is 2. The average molecular weight is 261 g/mol. The molecule has 98 valence electrons. The van der Waals surface area contributed by atoms with Gasteiger partial charge in [0.1, 0.15) is 5.82 Å². The van der Waals surface area contributed by atoms with Crippen LogP contribution in [0.15, 0.2) is 48.7 Å². The Morgan fingerprint density at radius 1 is 0.950 bits per heavy atom. The van der Waals surface area contributed by atoms with Gasteiger partial charge in [-0.25, -0.2) is 9.97 Å². The van der Waals surface area contributed by atoms with Crippen molar-refractivity contribution >= 4 is 10.9 Å². The maximum absolute atomic E-state index is 4.78. The molecule has 2 aromatic heterocycles. The average Bonchev–Trinajstić information content (AvgIpc) is 3.27. The quantitative estimate of drug-likeness (QED) is 0.707. The molecule has 1 saturated carbocycles. The number of benzene rings is 1. The molecule has 1 aliphatic rings. The highest BCUT2D eigenvalue weighted by Crippen LogP contribution is 2.53. The highest BCUT2D eigenvalue weighted by molar-refractivity contribution is 5.78. The Morgan fingerprint density at radius 2 is 1.85 bits per heavy atom. The molecule has 0 unspecified atom stereocenters. The van der Waals surface area contributed by atoms with Crippen molar-refractivity contribution in [1.29, 1.82) is 0 Å². The molecule has 1 aromatic carbocycles. The molecule has 1 aliphatic carbocycles. The molecule has 0 amide bonds. The highest BCUT2D eigenvalue weighted by Gasteiger charge is 2.42. The summed E-state index contributed by atoms with van der Waals surface area (Å²) in [6, 6.07) is 14.5. The summed E-state index contributed by atoms with van der Waals surface area (Å²) in [7, 11) is 0. The van der Waals surface area contributed by atoms with Gasteiger partial charge in [0, 0.05) is 34.8 Å². The van der Waals surface area contributed by atoms with Gasteiger partial charge >= 0.3 is 0 Å². The van der Waals surface area contributed by atoms with E-state index < -0.39 is 0 Å². The number of para-hydroxylation sites is 1. The van der Waals surface area contributed by atoms with Gasteiger partial charge < -0.3 is 0 Å². The standard InChI is InChI=1S/C17H15N3/c1-11-8-9-18-17(19-11)14-10-13(14)16-7-6-12-4-2-3-5-15(12)20-16/h2-9,13-14H,10H2,1H3/t13-,14-/m0/s1. The first kappa shape index (κ1) is 11.5. The molecule has 0 aliphatic heterocycles. The van der Waals surface area contributed by atoms with E-state index in [-0.39, 0.29) is 0 Å². The summed E-state index contributed by atoms with van der Waals surface area (Å²) < 4.78 is 0. The van der Waals surface area contributed by atoms with Gasteiger partial charge in [0.15, 0.2) is 0 Å². The van der Waals surface area contributed by atoms with Crippen LogP contribution in [0.4, 0.5) is 0 Å². The van der Waals surface area contributed by atoms with E-state index in [1.54, 1.807) is 0 Å². The van der Waals surface area contributed by atoms with E-state index in [0.29, 0.717) is 11.8 Å². The van der Waals surface area contributed by atoms with E-state index >= 15 is 0 Å². The Kier molecular flexibility index (Phi) is 2.52. The van der Waals surface area contributed by atoms with Gasteiger partial charge in [-0.3, -0.25) is 4.98 Å². The van der Waals surface area contributed by atoms with Crippen molar-refractivity contribution in [3.05, 3.63) is 65.9 Å². The van der Waals surface area contributed by atoms with Crippen molar-refractivity contribution in [2.24, 2.45) is 0 Å². The lowest BCUT2D eigenvalue weighted by molar-refractivity contribution is 0.867. The van der Waals surface area contributed by atoms with Crippen LogP contribution in [-0.2, 0) is 0 Å². The van der Waals surface area contributed by atoms with E-state index in [9.17, 15) is 0 Å². The summed E-state index contributed by atoms with van der Waals surface area (Å²) >= 11 is 0. The van der Waals surface area contributed by atoms with Gasteiger partial charge in [-0.15, -0.1) is 0 Å². The number of pyridine rings is 1. The van der Waals surface area contributed by atoms with Gasteiger partial charge in [0.2, 0.25) is 0 Å². The first-order valence-electron chi connectivity index (χ1n) is 6.96. The van der Waals surface area contributed by atoms with Crippen molar-refractivity contribution in [1.82, 2.24) is 15.0 Å². The Labute approximate surface area is 117 Å². The zero-order valence-corrected chi connectivity index (χ0v) is 11.3. The smallest absolute Gasteiger partial charge is 0.132 e. The van der Waals surface area contributed by atoms with Gasteiger partial charge in [-0.05, 0) is 31.5 Å². The molecule has 3 aromatic rings. The summed E-state index contributed by atoms with van der Waals surface area (Å²) in [4.78, 5) is 13.7. The Bertz CT molecular complexity index is 782. The SMILES string of the molecule is Cc1ccnc([C@H]2C[C@@H]2c2ccc3ccccc3n2)n1. The molecular weight excluding hydrogens is 246 g/mol. The monoisotopic (exact) mass is 261 g/mol. The fourth-order valence-corrected chi connectivity index (χ4v) is 2.74. The van der Waals surface area contributed by atoms with Crippen LogP contribution in [0.1, 0.15) is 35.5 Å². The fraction of sp³-hybridized carbons (Fsp3) is 0.235. The van der Waals surface area contributed by atoms with Crippen LogP contribution in [-0.4, -0.2) is 15.0 Å². The number of fused-ring (bicyclic) bond motifs is 1. The van der Waals surface area contributed by atoms with Crippen molar-refractivity contribution < 1.29 is 0 Å². The fourth-order valence-electron chi connectivity index (χ4n) is 2.74. The van der Waals surface area contributed by atoms with Crippen molar-refractivity contribution in [3.63, 3.8) is 0 Å². The molecule has 0 saturated heterocycles. The Morgan fingerprint density at radius 3 is 2.75 bits per heavy atom. The molecule has 2 atom stereocenters. The molecule has 3 nitrogen and oxygen atoms in total. The third-order valence-electron chi connectivity index (χ3n) is 3.94. The lowest BCUT2D eigenvalue weighted by atomic mass is 10.1. The van der Waals surface area contributed by atoms with Gasteiger partial charge in [0.05, 0.1) is 5.52 Å². The molecule has 0 radical (unpaired) electrons. The summed E-state index contributed by atoms with van der Waals surface area (Å²) in [5, 5.41) is 1.19.